The van der Waals surface area contributed by atoms with Gasteiger partial charge in [-0.15, -0.1) is 0 Å². The number of aromatic nitrogens is 1. The van der Waals surface area contributed by atoms with Crippen LogP contribution in [0.25, 0.3) is 0 Å². The highest BCUT2D eigenvalue weighted by molar-refractivity contribution is 5.69. The fourth-order valence-corrected chi connectivity index (χ4v) is 0.313. The molecular weight excluding hydrogens is 149 g/mol. The average Bonchev–Trinajstić information content (AvgIpc) is 1.90. The Morgan fingerprint density at radius 3 is 1.55 bits per heavy atom. The van der Waals surface area contributed by atoms with Gasteiger partial charge in [0.05, 0.1) is 0 Å². The van der Waals surface area contributed by atoms with Gasteiger partial charge in [-0.2, -0.15) is 0 Å². The molecule has 62 valence electrons. The summed E-state index contributed by atoms with van der Waals surface area (Å²) in [5.41, 5.74) is 8.50. The Labute approximate surface area is 63.6 Å². The van der Waals surface area contributed by atoms with Gasteiger partial charge < -0.3 is 11.5 Å². The minimum absolute atomic E-state index is 0. The van der Waals surface area contributed by atoms with Crippen molar-refractivity contribution in [3.63, 3.8) is 0 Å². The van der Waals surface area contributed by atoms with Crippen LogP contribution < -0.4 is 11.5 Å². The predicted molar refractivity (Wildman–Crippen MR) is 40.5 cm³/mol. The molecule has 0 aromatic carbocycles. The summed E-state index contributed by atoms with van der Waals surface area (Å²) in [4.78, 5) is 12.8. The van der Waals surface area contributed by atoms with Gasteiger partial charge >= 0.3 is 6.03 Å². The molecule has 5 heteroatoms. The van der Waals surface area contributed by atoms with E-state index in [4.69, 9.17) is 4.79 Å². The zero-order valence-electron chi connectivity index (χ0n) is 5.81. The Bertz CT molecular complexity index is 150. The van der Waals surface area contributed by atoms with E-state index in [1.165, 1.54) is 0 Å². The van der Waals surface area contributed by atoms with Gasteiger partial charge in [0.15, 0.2) is 0 Å². The zero-order chi connectivity index (χ0) is 7.82. The van der Waals surface area contributed by atoms with Gasteiger partial charge in [0.1, 0.15) is 0 Å². The predicted octanol–water partition coefficient (Wildman–Crippen LogP) is 0.258. The molecule has 0 aliphatic carbocycles. The number of urea groups is 1. The summed E-state index contributed by atoms with van der Waals surface area (Å²) in [7, 11) is 0. The van der Waals surface area contributed by atoms with Crippen molar-refractivity contribution in [3.05, 3.63) is 30.6 Å². The molecule has 0 unspecified atom stereocenters. The smallest absolute Gasteiger partial charge is 0.309 e. The molecule has 0 saturated carbocycles. The van der Waals surface area contributed by atoms with Crippen LogP contribution in [0.2, 0.25) is 0 Å². The van der Waals surface area contributed by atoms with E-state index < -0.39 is 6.03 Å². The monoisotopic (exact) mass is 159 g/mol. The minimum Gasteiger partial charge on any atom is -0.352 e. The normalized spacial score (nSPS) is 6.55. The van der Waals surface area contributed by atoms with Crippen molar-refractivity contribution in [2.24, 2.45) is 11.5 Å². The molecule has 0 aliphatic rings. The molecule has 0 atom stereocenters. The summed E-state index contributed by atoms with van der Waals surface area (Å²) in [5, 5.41) is 0. The molecule has 1 heterocycles. The van der Waals surface area contributed by atoms with Crippen LogP contribution in [0.5, 0.6) is 0 Å². The van der Waals surface area contributed by atoms with Gasteiger partial charge in [0, 0.05) is 12.4 Å². The largest absolute Gasteiger partial charge is 0.352 e. The first-order valence-electron chi connectivity index (χ1n) is 2.63. The van der Waals surface area contributed by atoms with E-state index in [0.717, 1.165) is 0 Å². The van der Waals surface area contributed by atoms with E-state index in [-0.39, 0.29) is 4.70 Å². The van der Waals surface area contributed by atoms with Gasteiger partial charge in [0.25, 0.3) is 0 Å². The summed E-state index contributed by atoms with van der Waals surface area (Å²) in [5.74, 6) is 0. The van der Waals surface area contributed by atoms with Crippen molar-refractivity contribution in [3.8, 4) is 0 Å². The standard InChI is InChI=1S/C5H5N.CH4N2O.FH/c1-2-4-6-5-3-1;2-1(3)4;/h1-5H;(H4,2,3,4);1H. The first kappa shape index (κ1) is 12.1. The third-order valence-corrected chi connectivity index (χ3v) is 0.566. The van der Waals surface area contributed by atoms with Gasteiger partial charge in [-0.05, 0) is 12.1 Å². The topological polar surface area (TPSA) is 82.0 Å². The van der Waals surface area contributed by atoms with E-state index in [1.807, 2.05) is 18.2 Å². The summed E-state index contributed by atoms with van der Waals surface area (Å²) < 4.78 is 0. The van der Waals surface area contributed by atoms with E-state index >= 15 is 0 Å². The maximum Gasteiger partial charge on any atom is 0.309 e. The Morgan fingerprint density at radius 1 is 1.09 bits per heavy atom. The SMILES string of the molecule is F.NC(N)=O.c1ccncc1. The number of rotatable bonds is 0. The molecule has 1 aromatic rings. The molecule has 0 radical (unpaired) electrons. The molecule has 1 aromatic heterocycles. The molecule has 2 amide bonds. The van der Waals surface area contributed by atoms with Crippen molar-refractivity contribution < 1.29 is 9.50 Å². The fourth-order valence-electron chi connectivity index (χ4n) is 0.313. The van der Waals surface area contributed by atoms with Crippen LogP contribution in [0.1, 0.15) is 0 Å². The maximum atomic E-state index is 9.00. The molecular formula is C6H10FN3O. The Kier molecular flexibility index (Phi) is 9.16. The van der Waals surface area contributed by atoms with Crippen molar-refractivity contribution in [1.29, 1.82) is 0 Å². The van der Waals surface area contributed by atoms with Crippen molar-refractivity contribution in [2.75, 3.05) is 0 Å². The van der Waals surface area contributed by atoms with E-state index in [9.17, 15) is 0 Å². The van der Waals surface area contributed by atoms with Crippen LogP contribution in [0, 0.1) is 0 Å². The molecule has 0 aliphatic heterocycles. The highest BCUT2D eigenvalue weighted by atomic mass is 19.0. The van der Waals surface area contributed by atoms with Gasteiger partial charge in [-0.1, -0.05) is 6.07 Å². The molecule has 0 spiro atoms. The first-order valence-corrected chi connectivity index (χ1v) is 2.63. The number of nitrogens with two attached hydrogens (primary N) is 2. The molecule has 0 saturated heterocycles. The van der Waals surface area contributed by atoms with Crippen LogP contribution >= 0.6 is 0 Å². The van der Waals surface area contributed by atoms with Crippen LogP contribution in [-0.2, 0) is 0 Å². The van der Waals surface area contributed by atoms with Gasteiger partial charge in [0.2, 0.25) is 0 Å². The molecule has 4 N–H and O–H groups in total. The lowest BCUT2D eigenvalue weighted by atomic mass is 10.5. The van der Waals surface area contributed by atoms with Crippen molar-refractivity contribution >= 4 is 6.03 Å². The molecule has 11 heavy (non-hydrogen) atoms. The van der Waals surface area contributed by atoms with Gasteiger partial charge in [-0.25, -0.2) is 4.79 Å². The molecule has 0 fully saturated rings. The first-order chi connectivity index (χ1) is 4.73. The zero-order valence-corrected chi connectivity index (χ0v) is 5.81. The number of nitrogens with zero attached hydrogens (tertiary/aromatic N) is 1. The van der Waals surface area contributed by atoms with E-state index in [2.05, 4.69) is 16.5 Å². The Hall–Kier alpha value is -1.65. The third-order valence-electron chi connectivity index (χ3n) is 0.566. The van der Waals surface area contributed by atoms with Crippen molar-refractivity contribution in [2.45, 2.75) is 0 Å². The summed E-state index contributed by atoms with van der Waals surface area (Å²) in [6.07, 6.45) is 3.50. The second-order valence-electron chi connectivity index (χ2n) is 1.43. The number of halogens is 1. The van der Waals surface area contributed by atoms with E-state index in [1.54, 1.807) is 12.4 Å². The second kappa shape index (κ2) is 8.35. The molecule has 0 bridgehead atoms. The van der Waals surface area contributed by atoms with Crippen molar-refractivity contribution in [1.82, 2.24) is 4.98 Å². The summed E-state index contributed by atoms with van der Waals surface area (Å²) >= 11 is 0. The molecule has 1 rings (SSSR count). The lowest BCUT2D eigenvalue weighted by Gasteiger charge is -1.70. The number of hydrogen-bond donors (Lipinski definition) is 2. The number of primary amides is 2. The Morgan fingerprint density at radius 2 is 1.45 bits per heavy atom. The quantitative estimate of drug-likeness (QED) is 0.569. The van der Waals surface area contributed by atoms with Crippen LogP contribution in [0.15, 0.2) is 30.6 Å². The number of amides is 2. The van der Waals surface area contributed by atoms with Crippen LogP contribution in [-0.4, -0.2) is 11.0 Å². The highest BCUT2D eigenvalue weighted by Gasteiger charge is 1.60. The van der Waals surface area contributed by atoms with Gasteiger partial charge in [-0.3, -0.25) is 9.69 Å². The number of carbonyl (C=O) groups is 1. The highest BCUT2D eigenvalue weighted by Crippen LogP contribution is 1.73. The number of hydrogen-bond acceptors (Lipinski definition) is 2. The lowest BCUT2D eigenvalue weighted by Crippen LogP contribution is -2.18. The Balaban J connectivity index is 0. The maximum absolute atomic E-state index is 9.00. The van der Waals surface area contributed by atoms with Crippen LogP contribution in [0.4, 0.5) is 9.50 Å². The minimum atomic E-state index is -0.833. The summed E-state index contributed by atoms with van der Waals surface area (Å²) in [6, 6.07) is 4.88. The third kappa shape index (κ3) is 17.8. The van der Waals surface area contributed by atoms with Crippen LogP contribution in [0.3, 0.4) is 0 Å². The fraction of sp³-hybridized carbons (Fsp3) is 0. The lowest BCUT2D eigenvalue weighted by molar-refractivity contribution is 0.256. The second-order valence-corrected chi connectivity index (χ2v) is 1.43. The van der Waals surface area contributed by atoms with E-state index in [0.29, 0.717) is 0 Å². The molecule has 4 nitrogen and oxygen atoms in total. The summed E-state index contributed by atoms with van der Waals surface area (Å²) in [6.45, 7) is 0. The average molecular weight is 159 g/mol. The number of pyridine rings is 1. The number of carbonyl (C=O) groups excluding carboxylic acids is 1.